The number of carbonyl (C=O) groups is 1. The Labute approximate surface area is 130 Å². The van der Waals surface area contributed by atoms with Crippen molar-refractivity contribution >= 4 is 5.91 Å². The summed E-state index contributed by atoms with van der Waals surface area (Å²) >= 11 is 0. The Kier molecular flexibility index (Phi) is 4.64. The second-order valence-corrected chi connectivity index (χ2v) is 6.16. The Bertz CT molecular complexity index is 513. The van der Waals surface area contributed by atoms with Gasteiger partial charge in [-0.15, -0.1) is 6.58 Å². The van der Waals surface area contributed by atoms with Gasteiger partial charge in [0, 0.05) is 25.1 Å². The Morgan fingerprint density at radius 3 is 3.27 bits per heavy atom. The van der Waals surface area contributed by atoms with Gasteiger partial charge in [0.05, 0.1) is 31.1 Å². The van der Waals surface area contributed by atoms with Gasteiger partial charge < -0.3 is 18.8 Å². The minimum atomic E-state index is -0.0983. The number of nitrogens with zero attached hydrogens (tertiary/aromatic N) is 1. The molecule has 0 aromatic carbocycles. The highest BCUT2D eigenvalue weighted by molar-refractivity contribution is 5.93. The van der Waals surface area contributed by atoms with Crippen LogP contribution in [0.25, 0.3) is 0 Å². The lowest BCUT2D eigenvalue weighted by molar-refractivity contribution is -0.144. The molecule has 0 unspecified atom stereocenters. The average molecular weight is 305 g/mol. The lowest BCUT2D eigenvalue weighted by atomic mass is 9.73. The second kappa shape index (κ2) is 6.67. The van der Waals surface area contributed by atoms with Crippen molar-refractivity contribution in [2.24, 2.45) is 5.41 Å². The highest BCUT2D eigenvalue weighted by Gasteiger charge is 2.47. The molecule has 1 aromatic rings. The topological polar surface area (TPSA) is 51.9 Å². The molecular weight excluding hydrogens is 282 g/mol. The van der Waals surface area contributed by atoms with Gasteiger partial charge in [-0.2, -0.15) is 0 Å². The van der Waals surface area contributed by atoms with E-state index in [9.17, 15) is 4.79 Å². The van der Waals surface area contributed by atoms with Crippen LogP contribution in [0.3, 0.4) is 0 Å². The second-order valence-electron chi connectivity index (χ2n) is 6.16. The molecule has 2 fully saturated rings. The molecule has 2 atom stereocenters. The normalized spacial score (nSPS) is 28.2. The van der Waals surface area contributed by atoms with Gasteiger partial charge in [0.2, 0.25) is 0 Å². The molecule has 120 valence electrons. The van der Waals surface area contributed by atoms with Crippen LogP contribution in [0.5, 0.6) is 0 Å². The van der Waals surface area contributed by atoms with Gasteiger partial charge in [-0.3, -0.25) is 4.79 Å². The van der Waals surface area contributed by atoms with Crippen molar-refractivity contribution in [3.05, 3.63) is 36.8 Å². The maximum Gasteiger partial charge on any atom is 0.257 e. The number of fused-ring (bicyclic) bond motifs is 1. The fourth-order valence-corrected chi connectivity index (χ4v) is 3.59. The zero-order chi connectivity index (χ0) is 15.4. The molecule has 2 aliphatic heterocycles. The van der Waals surface area contributed by atoms with Crippen molar-refractivity contribution in [2.75, 3.05) is 32.9 Å². The summed E-state index contributed by atoms with van der Waals surface area (Å²) in [6.07, 6.45) is 7.89. The first-order valence-corrected chi connectivity index (χ1v) is 7.87. The molecular formula is C17H23NO4. The number of piperidine rings is 1. The number of hydrogen-bond donors (Lipinski definition) is 0. The molecule has 1 aromatic heterocycles. The molecule has 3 heterocycles. The molecule has 5 nitrogen and oxygen atoms in total. The first-order chi connectivity index (χ1) is 10.7. The van der Waals surface area contributed by atoms with Gasteiger partial charge in [-0.25, -0.2) is 0 Å². The Balaban J connectivity index is 1.74. The minimum Gasteiger partial charge on any atom is -0.472 e. The van der Waals surface area contributed by atoms with Crippen molar-refractivity contribution in [3.8, 4) is 0 Å². The molecule has 3 rings (SSSR count). The van der Waals surface area contributed by atoms with Crippen LogP contribution in [0.2, 0.25) is 0 Å². The van der Waals surface area contributed by atoms with Crippen molar-refractivity contribution in [3.63, 3.8) is 0 Å². The summed E-state index contributed by atoms with van der Waals surface area (Å²) in [6.45, 7) is 7.04. The molecule has 0 spiro atoms. The maximum absolute atomic E-state index is 12.6. The van der Waals surface area contributed by atoms with Crippen LogP contribution < -0.4 is 0 Å². The van der Waals surface area contributed by atoms with E-state index in [4.69, 9.17) is 13.9 Å². The highest BCUT2D eigenvalue weighted by Crippen LogP contribution is 2.40. The molecule has 2 saturated heterocycles. The van der Waals surface area contributed by atoms with E-state index in [2.05, 4.69) is 6.58 Å². The number of carbonyl (C=O) groups excluding carboxylic acids is 1. The lowest BCUT2D eigenvalue weighted by Crippen LogP contribution is -2.58. The first kappa shape index (κ1) is 15.3. The van der Waals surface area contributed by atoms with E-state index < -0.39 is 0 Å². The zero-order valence-corrected chi connectivity index (χ0v) is 12.8. The molecule has 0 radical (unpaired) electrons. The number of rotatable bonds is 5. The highest BCUT2D eigenvalue weighted by atomic mass is 16.5. The summed E-state index contributed by atoms with van der Waals surface area (Å²) in [6, 6.07) is 1.71. The van der Waals surface area contributed by atoms with E-state index in [1.807, 2.05) is 4.90 Å². The number of hydrogen-bond acceptors (Lipinski definition) is 4. The van der Waals surface area contributed by atoms with Gasteiger partial charge in [0.1, 0.15) is 6.26 Å². The third-order valence-corrected chi connectivity index (χ3v) is 4.67. The van der Waals surface area contributed by atoms with Crippen LogP contribution in [0.15, 0.2) is 35.7 Å². The molecule has 1 amide bonds. The first-order valence-electron chi connectivity index (χ1n) is 7.87. The van der Waals surface area contributed by atoms with Crippen LogP contribution in [-0.4, -0.2) is 49.8 Å². The average Bonchev–Trinajstić information content (AvgIpc) is 3.08. The van der Waals surface area contributed by atoms with E-state index in [1.54, 1.807) is 12.1 Å². The third kappa shape index (κ3) is 2.96. The van der Waals surface area contributed by atoms with E-state index in [0.717, 1.165) is 32.4 Å². The lowest BCUT2D eigenvalue weighted by Gasteiger charge is -2.50. The van der Waals surface area contributed by atoms with Crippen molar-refractivity contribution in [1.29, 1.82) is 0 Å². The van der Waals surface area contributed by atoms with Crippen molar-refractivity contribution in [1.82, 2.24) is 4.90 Å². The van der Waals surface area contributed by atoms with Gasteiger partial charge in [-0.1, -0.05) is 6.08 Å². The SMILES string of the molecule is C=CCOC[C@@]12CCCO[C@@H]1CCN(C(=O)c1ccoc1)C2. The maximum atomic E-state index is 12.6. The number of amides is 1. The predicted octanol–water partition coefficient (Wildman–Crippen LogP) is 2.49. The molecule has 5 heteroatoms. The molecule has 2 aliphatic rings. The molecule has 22 heavy (non-hydrogen) atoms. The van der Waals surface area contributed by atoms with Crippen molar-refractivity contribution in [2.45, 2.75) is 25.4 Å². The molecule has 0 bridgehead atoms. The summed E-state index contributed by atoms with van der Waals surface area (Å²) in [5.74, 6) is 0.0286. The fraction of sp³-hybridized carbons (Fsp3) is 0.588. The zero-order valence-electron chi connectivity index (χ0n) is 12.8. The number of likely N-dealkylation sites (tertiary alicyclic amines) is 1. The van der Waals surface area contributed by atoms with Gasteiger partial charge in [0.25, 0.3) is 5.91 Å². The standard InChI is InChI=1S/C17H23NO4/c1-2-8-21-13-17-6-3-9-22-15(17)4-7-18(12-17)16(19)14-5-10-20-11-14/h2,5,10-11,15H,1,3-4,6-9,12-13H2/t15-,17+/m1/s1. The van der Waals surface area contributed by atoms with E-state index in [-0.39, 0.29) is 17.4 Å². The molecule has 0 N–H and O–H groups in total. The Morgan fingerprint density at radius 2 is 2.50 bits per heavy atom. The molecule has 0 saturated carbocycles. The molecule has 0 aliphatic carbocycles. The smallest absolute Gasteiger partial charge is 0.257 e. The van der Waals surface area contributed by atoms with Gasteiger partial charge >= 0.3 is 0 Å². The summed E-state index contributed by atoms with van der Waals surface area (Å²) in [7, 11) is 0. The summed E-state index contributed by atoms with van der Waals surface area (Å²) in [4.78, 5) is 14.5. The number of furan rings is 1. The predicted molar refractivity (Wildman–Crippen MR) is 81.7 cm³/mol. The van der Waals surface area contributed by atoms with Gasteiger partial charge in [0.15, 0.2) is 0 Å². The fourth-order valence-electron chi connectivity index (χ4n) is 3.59. The number of ether oxygens (including phenoxy) is 2. The summed E-state index contributed by atoms with van der Waals surface area (Å²) in [5, 5.41) is 0. The Hall–Kier alpha value is -1.59. The van der Waals surface area contributed by atoms with Crippen molar-refractivity contribution < 1.29 is 18.7 Å². The quantitative estimate of drug-likeness (QED) is 0.619. The summed E-state index contributed by atoms with van der Waals surface area (Å²) in [5.41, 5.74) is 0.510. The third-order valence-electron chi connectivity index (χ3n) is 4.67. The van der Waals surface area contributed by atoms with Crippen LogP contribution in [0.1, 0.15) is 29.6 Å². The van der Waals surface area contributed by atoms with Crippen LogP contribution in [-0.2, 0) is 9.47 Å². The monoisotopic (exact) mass is 305 g/mol. The Morgan fingerprint density at radius 1 is 1.59 bits per heavy atom. The largest absolute Gasteiger partial charge is 0.472 e. The van der Waals surface area contributed by atoms with Crippen LogP contribution >= 0.6 is 0 Å². The van der Waals surface area contributed by atoms with Crippen LogP contribution in [0, 0.1) is 5.41 Å². The minimum absolute atomic E-state index is 0.0286. The van der Waals surface area contributed by atoms with Crippen LogP contribution in [0.4, 0.5) is 0 Å². The van der Waals surface area contributed by atoms with E-state index in [1.165, 1.54) is 12.5 Å². The van der Waals surface area contributed by atoms with E-state index >= 15 is 0 Å². The van der Waals surface area contributed by atoms with Gasteiger partial charge in [-0.05, 0) is 25.3 Å². The van der Waals surface area contributed by atoms with E-state index in [0.29, 0.717) is 25.3 Å². The summed E-state index contributed by atoms with van der Waals surface area (Å²) < 4.78 is 16.7.